The number of benzene rings is 4. The van der Waals surface area contributed by atoms with Crippen molar-refractivity contribution in [1.82, 2.24) is 10.2 Å². The molecule has 236 valence electrons. The molecule has 0 saturated carbocycles. The molecule has 0 spiro atoms. The van der Waals surface area contributed by atoms with E-state index in [4.69, 9.17) is 27.9 Å². The van der Waals surface area contributed by atoms with E-state index in [1.54, 1.807) is 62.4 Å². The molecule has 11 heteroatoms. The third kappa shape index (κ3) is 8.57. The van der Waals surface area contributed by atoms with Crippen LogP contribution in [0.25, 0.3) is 0 Å². The Morgan fingerprint density at radius 1 is 0.844 bits per heavy atom. The highest BCUT2D eigenvalue weighted by Gasteiger charge is 2.35. The summed E-state index contributed by atoms with van der Waals surface area (Å²) in [6.45, 7) is 3.54. The molecule has 4 aromatic rings. The predicted molar refractivity (Wildman–Crippen MR) is 178 cm³/mol. The summed E-state index contributed by atoms with van der Waals surface area (Å²) in [7, 11) is -4.32. The van der Waals surface area contributed by atoms with E-state index in [2.05, 4.69) is 5.32 Å². The SMILES string of the molecule is CCNC(=O)C(Cc1ccccc1)N(Cc1ccccc1Cl)C(=O)CN(c1ccccc1OCC)S(=O)(=O)c1ccc(Cl)cc1. The lowest BCUT2D eigenvalue weighted by molar-refractivity contribution is -0.140. The number of halogens is 2. The number of nitrogens with zero attached hydrogens (tertiary/aromatic N) is 2. The first-order chi connectivity index (χ1) is 21.6. The van der Waals surface area contributed by atoms with Crippen molar-refractivity contribution in [1.29, 1.82) is 0 Å². The van der Waals surface area contributed by atoms with Crippen molar-refractivity contribution in [2.45, 2.75) is 37.8 Å². The predicted octanol–water partition coefficient (Wildman–Crippen LogP) is 6.36. The van der Waals surface area contributed by atoms with Gasteiger partial charge in [0.2, 0.25) is 11.8 Å². The van der Waals surface area contributed by atoms with Crippen LogP contribution in [0.3, 0.4) is 0 Å². The van der Waals surface area contributed by atoms with Gasteiger partial charge in [-0.3, -0.25) is 13.9 Å². The first kappa shape index (κ1) is 33.8. The van der Waals surface area contributed by atoms with Gasteiger partial charge < -0.3 is 15.0 Å². The van der Waals surface area contributed by atoms with Gasteiger partial charge in [0.25, 0.3) is 10.0 Å². The number of likely N-dealkylation sites (N-methyl/N-ethyl adjacent to an activating group) is 1. The smallest absolute Gasteiger partial charge is 0.264 e. The Balaban J connectivity index is 1.84. The number of carbonyl (C=O) groups is 2. The monoisotopic (exact) mass is 667 g/mol. The molecule has 4 rings (SSSR count). The summed E-state index contributed by atoms with van der Waals surface area (Å²) in [6.07, 6.45) is 0.197. The van der Waals surface area contributed by atoms with Crippen LogP contribution in [0.4, 0.5) is 5.69 Å². The molecule has 1 unspecified atom stereocenters. The molecular weight excluding hydrogens is 633 g/mol. The van der Waals surface area contributed by atoms with Gasteiger partial charge in [-0.15, -0.1) is 0 Å². The first-order valence-electron chi connectivity index (χ1n) is 14.5. The Kier molecular flexibility index (Phi) is 11.9. The molecule has 45 heavy (non-hydrogen) atoms. The molecule has 0 aliphatic carbocycles. The van der Waals surface area contributed by atoms with Crippen LogP contribution in [0.5, 0.6) is 5.75 Å². The summed E-state index contributed by atoms with van der Waals surface area (Å²) in [5.41, 5.74) is 1.62. The van der Waals surface area contributed by atoms with Crippen LogP contribution < -0.4 is 14.4 Å². The van der Waals surface area contributed by atoms with Gasteiger partial charge in [0, 0.05) is 29.6 Å². The van der Waals surface area contributed by atoms with Crippen molar-refractivity contribution in [2.24, 2.45) is 0 Å². The molecule has 4 aromatic carbocycles. The quantitative estimate of drug-likeness (QED) is 0.169. The van der Waals surface area contributed by atoms with Gasteiger partial charge in [-0.25, -0.2) is 8.42 Å². The van der Waals surface area contributed by atoms with Crippen LogP contribution >= 0.6 is 23.2 Å². The maximum atomic E-state index is 14.5. The van der Waals surface area contributed by atoms with Gasteiger partial charge in [0.1, 0.15) is 18.3 Å². The largest absolute Gasteiger partial charge is 0.492 e. The molecule has 0 aromatic heterocycles. The number of carbonyl (C=O) groups excluding carboxylic acids is 2. The second-order valence-electron chi connectivity index (χ2n) is 10.1. The highest BCUT2D eigenvalue weighted by molar-refractivity contribution is 7.92. The molecule has 0 bridgehead atoms. The minimum atomic E-state index is -4.32. The van der Waals surface area contributed by atoms with E-state index in [-0.39, 0.29) is 41.8 Å². The van der Waals surface area contributed by atoms with Crippen LogP contribution in [0.1, 0.15) is 25.0 Å². The van der Waals surface area contributed by atoms with E-state index in [1.165, 1.54) is 29.2 Å². The molecule has 0 saturated heterocycles. The topological polar surface area (TPSA) is 96.0 Å². The van der Waals surface area contributed by atoms with Crippen molar-refractivity contribution >= 4 is 50.7 Å². The van der Waals surface area contributed by atoms with Crippen molar-refractivity contribution in [3.63, 3.8) is 0 Å². The minimum absolute atomic E-state index is 0.0327. The second kappa shape index (κ2) is 15.8. The number of sulfonamides is 1. The number of anilines is 1. The number of rotatable bonds is 14. The van der Waals surface area contributed by atoms with Crippen LogP contribution in [0, 0.1) is 0 Å². The lowest BCUT2D eigenvalue weighted by atomic mass is 10.0. The summed E-state index contributed by atoms with van der Waals surface area (Å²) in [5.74, 6) is -0.693. The molecule has 8 nitrogen and oxygen atoms in total. The van der Waals surface area contributed by atoms with Gasteiger partial charge in [-0.05, 0) is 67.4 Å². The number of hydrogen-bond acceptors (Lipinski definition) is 5. The zero-order valence-electron chi connectivity index (χ0n) is 25.0. The van der Waals surface area contributed by atoms with Gasteiger partial charge >= 0.3 is 0 Å². The first-order valence-corrected chi connectivity index (χ1v) is 16.7. The van der Waals surface area contributed by atoms with Gasteiger partial charge in [-0.2, -0.15) is 0 Å². The normalized spacial score (nSPS) is 11.8. The van der Waals surface area contributed by atoms with Gasteiger partial charge in [0.05, 0.1) is 17.2 Å². The van der Waals surface area contributed by atoms with Crippen LogP contribution in [-0.2, 0) is 32.6 Å². The number of para-hydroxylation sites is 2. The highest BCUT2D eigenvalue weighted by atomic mass is 35.5. The van der Waals surface area contributed by atoms with E-state index in [9.17, 15) is 18.0 Å². The van der Waals surface area contributed by atoms with E-state index in [0.717, 1.165) is 9.87 Å². The maximum Gasteiger partial charge on any atom is 0.264 e. The number of ether oxygens (including phenoxy) is 1. The van der Waals surface area contributed by atoms with Crippen molar-refractivity contribution in [3.8, 4) is 5.75 Å². The number of amides is 2. The van der Waals surface area contributed by atoms with Crippen molar-refractivity contribution < 1.29 is 22.7 Å². The Bertz CT molecular complexity index is 1700. The number of nitrogens with one attached hydrogen (secondary N) is 1. The fourth-order valence-electron chi connectivity index (χ4n) is 4.84. The number of hydrogen-bond donors (Lipinski definition) is 1. The average Bonchev–Trinajstić information content (AvgIpc) is 3.03. The highest BCUT2D eigenvalue weighted by Crippen LogP contribution is 2.33. The molecule has 0 fully saturated rings. The Hall–Kier alpha value is -4.05. The second-order valence-corrected chi connectivity index (χ2v) is 12.8. The summed E-state index contributed by atoms with van der Waals surface area (Å²) >= 11 is 12.6. The standard InChI is InChI=1S/C34H35Cl2N3O5S/c1-3-37-34(41)31(22-25-12-6-5-7-13-25)38(23-26-14-8-9-15-29(26)36)33(40)24-39(30-16-10-11-17-32(30)44-4-2)45(42,43)28-20-18-27(35)19-21-28/h5-21,31H,3-4,22-24H2,1-2H3,(H,37,41). The maximum absolute atomic E-state index is 14.5. The lowest BCUT2D eigenvalue weighted by Gasteiger charge is -2.34. The molecule has 0 aliphatic rings. The van der Waals surface area contributed by atoms with E-state index in [1.807, 2.05) is 30.3 Å². The average molecular weight is 669 g/mol. The third-order valence-electron chi connectivity index (χ3n) is 7.03. The van der Waals surface area contributed by atoms with Crippen LogP contribution in [0.15, 0.2) is 108 Å². The molecule has 0 radical (unpaired) electrons. The van der Waals surface area contributed by atoms with Crippen molar-refractivity contribution in [3.05, 3.63) is 124 Å². The Morgan fingerprint density at radius 2 is 1.49 bits per heavy atom. The molecular formula is C34H35Cl2N3O5S. The zero-order valence-corrected chi connectivity index (χ0v) is 27.4. The lowest BCUT2D eigenvalue weighted by Crippen LogP contribution is -2.53. The van der Waals surface area contributed by atoms with Crippen LogP contribution in [-0.4, -0.2) is 50.9 Å². The summed E-state index contributed by atoms with van der Waals surface area (Å²) < 4.78 is 35.2. The molecule has 1 atom stereocenters. The summed E-state index contributed by atoms with van der Waals surface area (Å²) in [6, 6.07) is 27.7. The summed E-state index contributed by atoms with van der Waals surface area (Å²) in [4.78, 5) is 29.5. The molecule has 2 amide bonds. The van der Waals surface area contributed by atoms with Gasteiger partial charge in [-0.1, -0.05) is 83.9 Å². The van der Waals surface area contributed by atoms with Gasteiger partial charge in [0.15, 0.2) is 0 Å². The Morgan fingerprint density at radius 3 is 2.16 bits per heavy atom. The van der Waals surface area contributed by atoms with E-state index < -0.39 is 28.5 Å². The van der Waals surface area contributed by atoms with Crippen molar-refractivity contribution in [2.75, 3.05) is 24.0 Å². The third-order valence-corrected chi connectivity index (χ3v) is 9.43. The fraction of sp³-hybridized carbons (Fsp3) is 0.235. The fourth-order valence-corrected chi connectivity index (χ4v) is 6.59. The minimum Gasteiger partial charge on any atom is -0.492 e. The zero-order chi connectivity index (χ0) is 32.4. The molecule has 1 N–H and O–H groups in total. The molecule has 0 heterocycles. The Labute approximate surface area is 274 Å². The van der Waals surface area contributed by atoms with E-state index >= 15 is 0 Å². The molecule has 0 aliphatic heterocycles. The van der Waals surface area contributed by atoms with Crippen LogP contribution in [0.2, 0.25) is 10.0 Å². The van der Waals surface area contributed by atoms with E-state index in [0.29, 0.717) is 22.2 Å². The summed E-state index contributed by atoms with van der Waals surface area (Å²) in [5, 5.41) is 3.62.